The number of rotatable bonds is 4. The van der Waals surface area contributed by atoms with Crippen molar-refractivity contribution in [1.82, 2.24) is 15.1 Å². The van der Waals surface area contributed by atoms with E-state index >= 15 is 0 Å². The number of nitrogens with one attached hydrogen (secondary N) is 1. The largest absolute Gasteiger partial charge is 0.338 e. The first-order valence-corrected chi connectivity index (χ1v) is 10.9. The van der Waals surface area contributed by atoms with Crippen LogP contribution >= 0.6 is 11.3 Å². The van der Waals surface area contributed by atoms with Gasteiger partial charge in [0.1, 0.15) is 12.1 Å². The summed E-state index contributed by atoms with van der Waals surface area (Å²) in [7, 11) is 0. The molecule has 4 rings (SSSR count). The van der Waals surface area contributed by atoms with E-state index in [2.05, 4.69) is 5.32 Å². The maximum atomic E-state index is 13.3. The minimum Gasteiger partial charge on any atom is -0.338 e. The van der Waals surface area contributed by atoms with Crippen molar-refractivity contribution in [2.45, 2.75) is 69.9 Å². The number of fused-ring (bicyclic) bond motifs is 2. The number of carbonyl (C=O) groups excluding carboxylic acids is 3. The summed E-state index contributed by atoms with van der Waals surface area (Å²) in [5, 5.41) is 4.91. The molecule has 1 aromatic rings. The van der Waals surface area contributed by atoms with Crippen molar-refractivity contribution in [2.24, 2.45) is 0 Å². The molecule has 1 saturated carbocycles. The molecule has 6 nitrogen and oxygen atoms in total. The number of carbonyl (C=O) groups is 3. The smallest absolute Gasteiger partial charge is 0.325 e. The molecule has 146 valence electrons. The van der Waals surface area contributed by atoms with Crippen molar-refractivity contribution < 1.29 is 14.4 Å². The van der Waals surface area contributed by atoms with Gasteiger partial charge in [0.05, 0.1) is 0 Å². The summed E-state index contributed by atoms with van der Waals surface area (Å²) in [5.41, 5.74) is -0.0426. The fourth-order valence-corrected chi connectivity index (χ4v) is 5.94. The zero-order valence-corrected chi connectivity index (χ0v) is 16.6. The molecule has 1 atom stereocenters. The van der Waals surface area contributed by atoms with Gasteiger partial charge in [0, 0.05) is 23.0 Å². The van der Waals surface area contributed by atoms with E-state index in [1.54, 1.807) is 11.3 Å². The van der Waals surface area contributed by atoms with E-state index in [1.807, 2.05) is 23.3 Å². The second kappa shape index (κ2) is 7.26. The van der Waals surface area contributed by atoms with Crippen LogP contribution in [-0.4, -0.2) is 46.8 Å². The van der Waals surface area contributed by atoms with Crippen molar-refractivity contribution in [3.63, 3.8) is 0 Å². The molecule has 3 aliphatic rings. The van der Waals surface area contributed by atoms with Gasteiger partial charge < -0.3 is 10.2 Å². The molecule has 7 heteroatoms. The average molecular weight is 390 g/mol. The molecule has 27 heavy (non-hydrogen) atoms. The normalized spacial score (nSPS) is 25.6. The Hall–Kier alpha value is -1.89. The number of hydrogen-bond acceptors (Lipinski definition) is 4. The molecule has 1 N–H and O–H groups in total. The van der Waals surface area contributed by atoms with Crippen LogP contribution in [0.4, 0.5) is 4.79 Å². The van der Waals surface area contributed by atoms with Gasteiger partial charge in [-0.25, -0.2) is 4.79 Å². The number of amides is 4. The molecule has 2 fully saturated rings. The molecule has 4 amide bonds. The average Bonchev–Trinajstić information content (AvgIpc) is 3.24. The lowest BCUT2D eigenvalue weighted by Gasteiger charge is -2.34. The topological polar surface area (TPSA) is 69.7 Å². The number of thiophene rings is 1. The summed E-state index contributed by atoms with van der Waals surface area (Å²) in [4.78, 5) is 43.0. The van der Waals surface area contributed by atoms with Gasteiger partial charge in [-0.1, -0.05) is 19.3 Å². The Kier molecular flexibility index (Phi) is 4.97. The van der Waals surface area contributed by atoms with Gasteiger partial charge in [-0.05, 0) is 50.5 Å². The highest BCUT2D eigenvalue weighted by atomic mass is 32.1. The molecule has 0 bridgehead atoms. The fraction of sp³-hybridized carbons (Fsp3) is 0.650. The van der Waals surface area contributed by atoms with Gasteiger partial charge in [-0.3, -0.25) is 14.5 Å². The number of imide groups is 1. The van der Waals surface area contributed by atoms with Crippen LogP contribution in [0.3, 0.4) is 0 Å². The standard InChI is InChI=1S/C20H27N3O3S/c1-2-22(14-7-4-3-5-8-14)17(24)13-23-18(25)20(21-19(23)26)11-6-9-16-15(20)10-12-27-16/h10,12,14H,2-9,11,13H2,1H3,(H,21,26)/t20-/m0/s1. The SMILES string of the molecule is CCN(C(=O)CN1C(=O)N[C@]2(CCCc3sccc32)C1=O)C1CCCCC1. The first kappa shape index (κ1) is 18.5. The fourth-order valence-electron chi connectivity index (χ4n) is 4.94. The Labute approximate surface area is 163 Å². The molecule has 1 aliphatic heterocycles. The maximum absolute atomic E-state index is 13.3. The Morgan fingerprint density at radius 1 is 1.30 bits per heavy atom. The van der Waals surface area contributed by atoms with Gasteiger partial charge >= 0.3 is 6.03 Å². The van der Waals surface area contributed by atoms with Gasteiger partial charge in [0.25, 0.3) is 5.91 Å². The summed E-state index contributed by atoms with van der Waals surface area (Å²) in [5.74, 6) is -0.383. The Balaban J connectivity index is 1.52. The molecule has 1 saturated heterocycles. The van der Waals surface area contributed by atoms with Gasteiger partial charge in [-0.15, -0.1) is 11.3 Å². The van der Waals surface area contributed by atoms with E-state index in [0.717, 1.165) is 49.0 Å². The molecule has 0 unspecified atom stereocenters. The van der Waals surface area contributed by atoms with Crippen LogP contribution in [0.2, 0.25) is 0 Å². The molecular weight excluding hydrogens is 362 g/mol. The quantitative estimate of drug-likeness (QED) is 0.805. The molecule has 0 radical (unpaired) electrons. The van der Waals surface area contributed by atoms with Crippen LogP contribution in [0.1, 0.15) is 62.3 Å². The number of aryl methyl sites for hydroxylation is 1. The van der Waals surface area contributed by atoms with Crippen molar-refractivity contribution in [3.05, 3.63) is 21.9 Å². The van der Waals surface area contributed by atoms with Crippen molar-refractivity contribution in [2.75, 3.05) is 13.1 Å². The van der Waals surface area contributed by atoms with Crippen molar-refractivity contribution in [1.29, 1.82) is 0 Å². The molecule has 2 aliphatic carbocycles. The molecule has 2 heterocycles. The monoisotopic (exact) mass is 389 g/mol. The predicted molar refractivity (Wildman–Crippen MR) is 103 cm³/mol. The Morgan fingerprint density at radius 2 is 2.07 bits per heavy atom. The summed E-state index contributed by atoms with van der Waals surface area (Å²) in [6.07, 6.45) is 7.95. The lowest BCUT2D eigenvalue weighted by molar-refractivity contribution is -0.141. The van der Waals surface area contributed by atoms with Crippen LogP contribution in [0.5, 0.6) is 0 Å². The van der Waals surface area contributed by atoms with E-state index in [1.165, 1.54) is 11.3 Å². The van der Waals surface area contributed by atoms with Gasteiger partial charge in [0.2, 0.25) is 5.91 Å². The summed E-state index contributed by atoms with van der Waals surface area (Å²) in [6.45, 7) is 2.43. The predicted octanol–water partition coefficient (Wildman–Crippen LogP) is 3.01. The third kappa shape index (κ3) is 3.06. The number of likely N-dealkylation sites (N-methyl/N-ethyl adjacent to an activating group) is 1. The number of urea groups is 1. The highest BCUT2D eigenvalue weighted by molar-refractivity contribution is 7.10. The summed E-state index contributed by atoms with van der Waals surface area (Å²) >= 11 is 1.63. The second-order valence-corrected chi connectivity index (χ2v) is 8.81. The third-order valence-electron chi connectivity index (χ3n) is 6.31. The summed E-state index contributed by atoms with van der Waals surface area (Å²) < 4.78 is 0. The van der Waals surface area contributed by atoms with Gasteiger partial charge in [0.15, 0.2) is 0 Å². The molecule has 1 spiro atoms. The van der Waals surface area contributed by atoms with Crippen LogP contribution < -0.4 is 5.32 Å². The van der Waals surface area contributed by atoms with Crippen LogP contribution in [0, 0.1) is 0 Å². The van der Waals surface area contributed by atoms with E-state index < -0.39 is 11.6 Å². The van der Waals surface area contributed by atoms with Crippen LogP contribution in [0.25, 0.3) is 0 Å². The summed E-state index contributed by atoms with van der Waals surface area (Å²) in [6, 6.07) is 1.75. The number of nitrogens with zero attached hydrogens (tertiary/aromatic N) is 2. The highest BCUT2D eigenvalue weighted by Gasteiger charge is 2.54. The number of hydrogen-bond donors (Lipinski definition) is 1. The van der Waals surface area contributed by atoms with Crippen LogP contribution in [0.15, 0.2) is 11.4 Å². The molecular formula is C20H27N3O3S. The first-order valence-electron chi connectivity index (χ1n) is 10.1. The molecule has 1 aromatic heterocycles. The zero-order valence-electron chi connectivity index (χ0n) is 15.8. The zero-order chi connectivity index (χ0) is 19.0. The molecule has 0 aromatic carbocycles. The lowest BCUT2D eigenvalue weighted by Crippen LogP contribution is -2.49. The second-order valence-electron chi connectivity index (χ2n) is 7.81. The van der Waals surface area contributed by atoms with Crippen molar-refractivity contribution >= 4 is 29.2 Å². The highest BCUT2D eigenvalue weighted by Crippen LogP contribution is 2.42. The third-order valence-corrected chi connectivity index (χ3v) is 7.29. The minimum atomic E-state index is -0.965. The van der Waals surface area contributed by atoms with E-state index in [4.69, 9.17) is 0 Å². The first-order chi connectivity index (χ1) is 13.1. The lowest BCUT2D eigenvalue weighted by atomic mass is 9.80. The van der Waals surface area contributed by atoms with E-state index in [-0.39, 0.29) is 24.4 Å². The van der Waals surface area contributed by atoms with Gasteiger partial charge in [-0.2, -0.15) is 0 Å². The van der Waals surface area contributed by atoms with E-state index in [9.17, 15) is 14.4 Å². The van der Waals surface area contributed by atoms with E-state index in [0.29, 0.717) is 13.0 Å². The Morgan fingerprint density at radius 3 is 2.81 bits per heavy atom. The van der Waals surface area contributed by atoms with Crippen LogP contribution in [-0.2, 0) is 21.5 Å². The maximum Gasteiger partial charge on any atom is 0.325 e. The Bertz CT molecular complexity index is 755. The van der Waals surface area contributed by atoms with Crippen molar-refractivity contribution in [3.8, 4) is 0 Å². The minimum absolute atomic E-state index is 0.119.